The Morgan fingerprint density at radius 2 is 1.52 bits per heavy atom. The maximum atomic E-state index is 13.0. The minimum absolute atomic E-state index is 0.113. The number of hydrogen-bond donors (Lipinski definition) is 0. The zero-order chi connectivity index (χ0) is 17.1. The van der Waals surface area contributed by atoms with Crippen molar-refractivity contribution < 1.29 is 4.79 Å². The van der Waals surface area contributed by atoms with E-state index in [0.717, 1.165) is 49.3 Å². The summed E-state index contributed by atoms with van der Waals surface area (Å²) in [5.41, 5.74) is 0.697. The SMILES string of the molecule is O=C(c1cccn1-c1nnc(N2CCCCC2)s1)N1CCCCCC1. The molecule has 0 atom stereocenters. The van der Waals surface area contributed by atoms with Gasteiger partial charge >= 0.3 is 0 Å². The number of anilines is 1. The second-order valence-corrected chi connectivity index (χ2v) is 7.82. The van der Waals surface area contributed by atoms with Crippen LogP contribution in [0.2, 0.25) is 0 Å². The summed E-state index contributed by atoms with van der Waals surface area (Å²) >= 11 is 1.58. The number of likely N-dealkylation sites (tertiary alicyclic amines) is 1. The lowest BCUT2D eigenvalue weighted by molar-refractivity contribution is 0.0753. The van der Waals surface area contributed by atoms with Gasteiger partial charge in [-0.3, -0.25) is 9.36 Å². The summed E-state index contributed by atoms with van der Waals surface area (Å²) in [6.07, 6.45) is 10.3. The first-order valence-corrected chi connectivity index (χ1v) is 10.2. The molecular formula is C18H25N5OS. The van der Waals surface area contributed by atoms with Crippen LogP contribution < -0.4 is 4.90 Å². The van der Waals surface area contributed by atoms with Gasteiger partial charge in [0.2, 0.25) is 10.3 Å². The van der Waals surface area contributed by atoms with Crippen molar-refractivity contribution in [3.8, 4) is 5.13 Å². The predicted molar refractivity (Wildman–Crippen MR) is 99.7 cm³/mol. The van der Waals surface area contributed by atoms with Gasteiger partial charge < -0.3 is 9.80 Å². The smallest absolute Gasteiger partial charge is 0.270 e. The minimum atomic E-state index is 0.113. The average Bonchev–Trinajstić information content (AvgIpc) is 3.25. The van der Waals surface area contributed by atoms with Crippen molar-refractivity contribution in [2.75, 3.05) is 31.1 Å². The first-order valence-electron chi connectivity index (χ1n) is 9.38. The second-order valence-electron chi connectivity index (χ2n) is 6.88. The van der Waals surface area contributed by atoms with Crippen LogP contribution in [0.25, 0.3) is 5.13 Å². The largest absolute Gasteiger partial charge is 0.347 e. The highest BCUT2D eigenvalue weighted by Crippen LogP contribution is 2.27. The number of piperidine rings is 1. The van der Waals surface area contributed by atoms with Crippen LogP contribution in [0.15, 0.2) is 18.3 Å². The van der Waals surface area contributed by atoms with E-state index in [1.54, 1.807) is 11.3 Å². The molecule has 2 aromatic heterocycles. The van der Waals surface area contributed by atoms with E-state index in [1.807, 2.05) is 27.8 Å². The molecule has 4 heterocycles. The highest BCUT2D eigenvalue weighted by molar-refractivity contribution is 7.17. The Morgan fingerprint density at radius 1 is 0.880 bits per heavy atom. The van der Waals surface area contributed by atoms with Crippen LogP contribution in [-0.4, -0.2) is 51.8 Å². The van der Waals surface area contributed by atoms with Gasteiger partial charge in [0.25, 0.3) is 5.91 Å². The lowest BCUT2D eigenvalue weighted by atomic mass is 10.1. The monoisotopic (exact) mass is 359 g/mol. The molecule has 2 aliphatic heterocycles. The van der Waals surface area contributed by atoms with E-state index >= 15 is 0 Å². The number of rotatable bonds is 3. The van der Waals surface area contributed by atoms with Crippen molar-refractivity contribution in [3.63, 3.8) is 0 Å². The van der Waals surface area contributed by atoms with Gasteiger partial charge in [0.05, 0.1) is 0 Å². The fourth-order valence-corrected chi connectivity index (χ4v) is 4.57. The second kappa shape index (κ2) is 7.56. The molecule has 6 nitrogen and oxygen atoms in total. The van der Waals surface area contributed by atoms with Crippen LogP contribution in [0.1, 0.15) is 55.4 Å². The van der Waals surface area contributed by atoms with E-state index in [4.69, 9.17) is 0 Å². The summed E-state index contributed by atoms with van der Waals surface area (Å²) in [6, 6.07) is 3.82. The topological polar surface area (TPSA) is 54.3 Å². The molecular weight excluding hydrogens is 334 g/mol. The Bertz CT molecular complexity index is 711. The molecule has 0 unspecified atom stereocenters. The van der Waals surface area contributed by atoms with E-state index in [-0.39, 0.29) is 5.91 Å². The lowest BCUT2D eigenvalue weighted by Gasteiger charge is -2.25. The number of aromatic nitrogens is 3. The van der Waals surface area contributed by atoms with E-state index in [0.29, 0.717) is 5.69 Å². The number of carbonyl (C=O) groups excluding carboxylic acids is 1. The standard InChI is InChI=1S/C18H25N5OS/c24-16(21-10-4-1-2-5-11-21)15-9-8-14-23(15)18-20-19-17(25-18)22-12-6-3-7-13-22/h8-9,14H,1-7,10-13H2. The summed E-state index contributed by atoms with van der Waals surface area (Å²) < 4.78 is 1.90. The first kappa shape index (κ1) is 16.6. The fourth-order valence-electron chi connectivity index (χ4n) is 3.68. The molecule has 7 heteroatoms. The molecule has 1 amide bonds. The van der Waals surface area contributed by atoms with Crippen molar-refractivity contribution in [2.24, 2.45) is 0 Å². The summed E-state index contributed by atoms with van der Waals surface area (Å²) in [4.78, 5) is 17.3. The van der Waals surface area contributed by atoms with Gasteiger partial charge in [0.15, 0.2) is 0 Å². The van der Waals surface area contributed by atoms with Crippen molar-refractivity contribution in [1.29, 1.82) is 0 Å². The number of amides is 1. The third kappa shape index (κ3) is 3.56. The highest BCUT2D eigenvalue weighted by Gasteiger charge is 2.22. The maximum Gasteiger partial charge on any atom is 0.270 e. The third-order valence-corrected chi connectivity index (χ3v) is 6.08. The van der Waals surface area contributed by atoms with Crippen LogP contribution in [-0.2, 0) is 0 Å². The average molecular weight is 359 g/mol. The van der Waals surface area contributed by atoms with Gasteiger partial charge in [0.1, 0.15) is 5.69 Å². The third-order valence-electron chi connectivity index (χ3n) is 5.10. The predicted octanol–water partition coefficient (Wildman–Crippen LogP) is 3.34. The molecule has 2 saturated heterocycles. The quantitative estimate of drug-likeness (QED) is 0.843. The summed E-state index contributed by atoms with van der Waals surface area (Å²) in [5.74, 6) is 0.113. The van der Waals surface area contributed by atoms with Gasteiger partial charge in [-0.05, 0) is 44.2 Å². The Hall–Kier alpha value is -1.89. The van der Waals surface area contributed by atoms with Crippen LogP contribution in [0.4, 0.5) is 5.13 Å². The Kier molecular flexibility index (Phi) is 5.01. The van der Waals surface area contributed by atoms with Gasteiger partial charge in [-0.25, -0.2) is 0 Å². The zero-order valence-corrected chi connectivity index (χ0v) is 15.4. The van der Waals surface area contributed by atoms with Gasteiger partial charge in [-0.2, -0.15) is 0 Å². The van der Waals surface area contributed by atoms with Crippen LogP contribution in [0.3, 0.4) is 0 Å². The normalized spacial score (nSPS) is 19.0. The molecule has 4 rings (SSSR count). The molecule has 0 N–H and O–H groups in total. The van der Waals surface area contributed by atoms with Crippen LogP contribution >= 0.6 is 11.3 Å². The van der Waals surface area contributed by atoms with Crippen molar-refractivity contribution in [2.45, 2.75) is 44.9 Å². The molecule has 0 radical (unpaired) electrons. The van der Waals surface area contributed by atoms with E-state index in [1.165, 1.54) is 32.1 Å². The molecule has 134 valence electrons. The zero-order valence-electron chi connectivity index (χ0n) is 14.6. The van der Waals surface area contributed by atoms with E-state index in [9.17, 15) is 4.79 Å². The maximum absolute atomic E-state index is 13.0. The van der Waals surface area contributed by atoms with Crippen molar-refractivity contribution in [1.82, 2.24) is 19.7 Å². The van der Waals surface area contributed by atoms with Gasteiger partial charge in [0, 0.05) is 32.4 Å². The first-order chi connectivity index (χ1) is 12.3. The van der Waals surface area contributed by atoms with Gasteiger partial charge in [-0.1, -0.05) is 24.2 Å². The molecule has 2 aromatic rings. The highest BCUT2D eigenvalue weighted by atomic mass is 32.1. The summed E-state index contributed by atoms with van der Waals surface area (Å²) in [7, 11) is 0. The Labute approximate surface area is 152 Å². The number of hydrogen-bond acceptors (Lipinski definition) is 5. The lowest BCUT2D eigenvalue weighted by Crippen LogP contribution is -2.33. The van der Waals surface area contributed by atoms with E-state index in [2.05, 4.69) is 15.1 Å². The molecule has 0 aromatic carbocycles. The molecule has 0 aliphatic carbocycles. The molecule has 2 aliphatic rings. The van der Waals surface area contributed by atoms with Gasteiger partial charge in [-0.15, -0.1) is 10.2 Å². The Morgan fingerprint density at radius 3 is 2.28 bits per heavy atom. The van der Waals surface area contributed by atoms with Crippen molar-refractivity contribution in [3.05, 3.63) is 24.0 Å². The summed E-state index contributed by atoms with van der Waals surface area (Å²) in [6.45, 7) is 3.83. The molecule has 0 saturated carbocycles. The number of carbonyl (C=O) groups is 1. The molecule has 0 spiro atoms. The molecule has 25 heavy (non-hydrogen) atoms. The van der Waals surface area contributed by atoms with Crippen molar-refractivity contribution >= 4 is 22.4 Å². The molecule has 0 bridgehead atoms. The van der Waals surface area contributed by atoms with Crippen LogP contribution in [0.5, 0.6) is 0 Å². The van der Waals surface area contributed by atoms with E-state index < -0.39 is 0 Å². The minimum Gasteiger partial charge on any atom is -0.347 e. The van der Waals surface area contributed by atoms with Crippen LogP contribution in [0, 0.1) is 0 Å². The number of nitrogens with zero attached hydrogens (tertiary/aromatic N) is 5. The Balaban J connectivity index is 1.54. The molecule has 2 fully saturated rings. The summed E-state index contributed by atoms with van der Waals surface area (Å²) in [5, 5.41) is 10.5. The fraction of sp³-hybridized carbons (Fsp3) is 0.611.